The van der Waals surface area contributed by atoms with E-state index in [2.05, 4.69) is 38.4 Å². The first-order valence-corrected chi connectivity index (χ1v) is 5.84. The number of rotatable bonds is 5. The SMILES string of the molecule is CCCC(Br)CNC(=O)c1ccnnc1. The van der Waals surface area contributed by atoms with Gasteiger partial charge in [0.2, 0.25) is 0 Å². The highest BCUT2D eigenvalue weighted by Crippen LogP contribution is 2.06. The first-order chi connectivity index (χ1) is 7.24. The van der Waals surface area contributed by atoms with E-state index >= 15 is 0 Å². The zero-order valence-corrected chi connectivity index (χ0v) is 10.2. The molecule has 0 aliphatic carbocycles. The number of nitrogens with zero attached hydrogens (tertiary/aromatic N) is 2. The molecule has 1 rings (SSSR count). The molecule has 82 valence electrons. The van der Waals surface area contributed by atoms with Crippen molar-refractivity contribution >= 4 is 21.8 Å². The number of hydrogen-bond acceptors (Lipinski definition) is 3. The van der Waals surface area contributed by atoms with Crippen LogP contribution in [0, 0.1) is 0 Å². The summed E-state index contributed by atoms with van der Waals surface area (Å²) < 4.78 is 0. The predicted octanol–water partition coefficient (Wildman–Crippen LogP) is 1.77. The van der Waals surface area contributed by atoms with Gasteiger partial charge in [0, 0.05) is 11.4 Å². The Morgan fingerprint density at radius 3 is 3.00 bits per heavy atom. The lowest BCUT2D eigenvalue weighted by Crippen LogP contribution is -2.29. The van der Waals surface area contributed by atoms with Gasteiger partial charge in [-0.15, -0.1) is 0 Å². The van der Waals surface area contributed by atoms with Gasteiger partial charge in [-0.25, -0.2) is 0 Å². The zero-order valence-electron chi connectivity index (χ0n) is 8.61. The van der Waals surface area contributed by atoms with Crippen molar-refractivity contribution in [3.8, 4) is 0 Å². The lowest BCUT2D eigenvalue weighted by atomic mass is 10.2. The summed E-state index contributed by atoms with van der Waals surface area (Å²) in [6.07, 6.45) is 5.11. The van der Waals surface area contributed by atoms with Crippen molar-refractivity contribution in [2.75, 3.05) is 6.54 Å². The van der Waals surface area contributed by atoms with E-state index in [0.29, 0.717) is 16.9 Å². The molecular weight excluding hydrogens is 258 g/mol. The molecule has 1 unspecified atom stereocenters. The van der Waals surface area contributed by atoms with Crippen LogP contribution in [0.1, 0.15) is 30.1 Å². The molecule has 0 saturated carbocycles. The summed E-state index contributed by atoms with van der Waals surface area (Å²) >= 11 is 3.50. The first kappa shape index (κ1) is 12.1. The number of alkyl halides is 1. The lowest BCUT2D eigenvalue weighted by Gasteiger charge is -2.09. The van der Waals surface area contributed by atoms with Gasteiger partial charge in [-0.2, -0.15) is 10.2 Å². The van der Waals surface area contributed by atoms with Crippen LogP contribution < -0.4 is 5.32 Å². The van der Waals surface area contributed by atoms with Crippen molar-refractivity contribution in [3.05, 3.63) is 24.0 Å². The third-order valence-electron chi connectivity index (χ3n) is 1.93. The zero-order chi connectivity index (χ0) is 11.1. The number of nitrogens with one attached hydrogen (secondary N) is 1. The fourth-order valence-electron chi connectivity index (χ4n) is 1.15. The Morgan fingerprint density at radius 1 is 1.60 bits per heavy atom. The van der Waals surface area contributed by atoms with Crippen LogP contribution in [0.4, 0.5) is 0 Å². The van der Waals surface area contributed by atoms with E-state index in [4.69, 9.17) is 0 Å². The van der Waals surface area contributed by atoms with Crippen LogP contribution in [0.15, 0.2) is 18.5 Å². The topological polar surface area (TPSA) is 54.9 Å². The van der Waals surface area contributed by atoms with Gasteiger partial charge in [-0.3, -0.25) is 4.79 Å². The quantitative estimate of drug-likeness (QED) is 0.831. The van der Waals surface area contributed by atoms with Crippen LogP contribution in [0.5, 0.6) is 0 Å². The highest BCUT2D eigenvalue weighted by Gasteiger charge is 2.07. The molecule has 1 atom stereocenters. The molecule has 0 fully saturated rings. The molecule has 1 N–H and O–H groups in total. The van der Waals surface area contributed by atoms with E-state index in [0.717, 1.165) is 12.8 Å². The second-order valence-electron chi connectivity index (χ2n) is 3.23. The van der Waals surface area contributed by atoms with E-state index in [1.807, 2.05) is 0 Å². The Bertz CT molecular complexity index is 305. The smallest absolute Gasteiger partial charge is 0.253 e. The van der Waals surface area contributed by atoms with E-state index in [-0.39, 0.29) is 5.91 Å². The fraction of sp³-hybridized carbons (Fsp3) is 0.500. The Kier molecular flexibility index (Phi) is 5.25. The molecule has 0 aliphatic heterocycles. The molecule has 1 amide bonds. The van der Waals surface area contributed by atoms with Crippen molar-refractivity contribution in [3.63, 3.8) is 0 Å². The molecule has 15 heavy (non-hydrogen) atoms. The maximum Gasteiger partial charge on any atom is 0.253 e. The molecule has 0 bridgehead atoms. The monoisotopic (exact) mass is 271 g/mol. The van der Waals surface area contributed by atoms with Crippen LogP contribution >= 0.6 is 15.9 Å². The molecule has 5 heteroatoms. The van der Waals surface area contributed by atoms with E-state index in [1.165, 1.54) is 12.4 Å². The molecule has 0 radical (unpaired) electrons. The van der Waals surface area contributed by atoms with Crippen molar-refractivity contribution in [1.82, 2.24) is 15.5 Å². The molecule has 0 spiro atoms. The van der Waals surface area contributed by atoms with Crippen molar-refractivity contribution < 1.29 is 4.79 Å². The first-order valence-electron chi connectivity index (χ1n) is 4.93. The molecule has 1 aromatic heterocycles. The highest BCUT2D eigenvalue weighted by atomic mass is 79.9. The van der Waals surface area contributed by atoms with E-state index in [1.54, 1.807) is 6.07 Å². The Balaban J connectivity index is 2.37. The summed E-state index contributed by atoms with van der Waals surface area (Å²) in [5.41, 5.74) is 0.543. The van der Waals surface area contributed by atoms with Crippen molar-refractivity contribution in [1.29, 1.82) is 0 Å². The summed E-state index contributed by atoms with van der Waals surface area (Å²) in [4.78, 5) is 11.9. The number of amides is 1. The summed E-state index contributed by atoms with van der Waals surface area (Å²) in [7, 11) is 0. The number of carbonyl (C=O) groups excluding carboxylic acids is 1. The maximum absolute atomic E-state index is 11.6. The lowest BCUT2D eigenvalue weighted by molar-refractivity contribution is 0.0953. The molecule has 1 heterocycles. The Hall–Kier alpha value is -0.970. The van der Waals surface area contributed by atoms with Crippen molar-refractivity contribution in [2.24, 2.45) is 0 Å². The summed E-state index contributed by atoms with van der Waals surface area (Å²) in [6.45, 7) is 2.75. The van der Waals surface area contributed by atoms with Gasteiger partial charge in [-0.05, 0) is 12.5 Å². The third-order valence-corrected chi connectivity index (χ3v) is 2.71. The van der Waals surface area contributed by atoms with Gasteiger partial charge in [0.05, 0.1) is 18.0 Å². The van der Waals surface area contributed by atoms with Crippen LogP contribution in [0.2, 0.25) is 0 Å². The Morgan fingerprint density at radius 2 is 2.40 bits per heavy atom. The van der Waals surface area contributed by atoms with Crippen LogP contribution in [-0.4, -0.2) is 27.5 Å². The highest BCUT2D eigenvalue weighted by molar-refractivity contribution is 9.09. The largest absolute Gasteiger partial charge is 0.351 e. The van der Waals surface area contributed by atoms with E-state index in [9.17, 15) is 4.79 Å². The summed E-state index contributed by atoms with van der Waals surface area (Å²) in [5, 5.41) is 10.1. The molecule has 0 aliphatic rings. The van der Waals surface area contributed by atoms with Gasteiger partial charge in [0.25, 0.3) is 5.91 Å². The Labute approximate surface area is 97.6 Å². The minimum atomic E-state index is -0.106. The van der Waals surface area contributed by atoms with Crippen LogP contribution in [0.3, 0.4) is 0 Å². The number of hydrogen-bond donors (Lipinski definition) is 1. The van der Waals surface area contributed by atoms with Gasteiger partial charge in [0.1, 0.15) is 0 Å². The number of aromatic nitrogens is 2. The average molecular weight is 272 g/mol. The minimum Gasteiger partial charge on any atom is -0.351 e. The van der Waals surface area contributed by atoms with Crippen LogP contribution in [0.25, 0.3) is 0 Å². The molecule has 0 aromatic carbocycles. The number of carbonyl (C=O) groups is 1. The molecule has 4 nitrogen and oxygen atoms in total. The predicted molar refractivity (Wildman–Crippen MR) is 62.0 cm³/mol. The molecular formula is C10H14BrN3O. The summed E-state index contributed by atoms with van der Waals surface area (Å²) in [6, 6.07) is 1.64. The third kappa shape index (κ3) is 4.38. The maximum atomic E-state index is 11.6. The van der Waals surface area contributed by atoms with Gasteiger partial charge in [-0.1, -0.05) is 29.3 Å². The van der Waals surface area contributed by atoms with Gasteiger partial charge >= 0.3 is 0 Å². The normalized spacial score (nSPS) is 12.1. The molecule has 0 saturated heterocycles. The second-order valence-corrected chi connectivity index (χ2v) is 4.52. The second kappa shape index (κ2) is 6.50. The van der Waals surface area contributed by atoms with Crippen LogP contribution in [-0.2, 0) is 0 Å². The van der Waals surface area contributed by atoms with Gasteiger partial charge in [0.15, 0.2) is 0 Å². The average Bonchev–Trinajstić information content (AvgIpc) is 2.27. The molecule has 1 aromatic rings. The van der Waals surface area contributed by atoms with Gasteiger partial charge < -0.3 is 5.32 Å². The fourth-order valence-corrected chi connectivity index (χ4v) is 1.77. The van der Waals surface area contributed by atoms with E-state index < -0.39 is 0 Å². The number of halogens is 1. The summed E-state index contributed by atoms with van der Waals surface area (Å²) in [5.74, 6) is -0.106. The van der Waals surface area contributed by atoms with Crippen molar-refractivity contribution in [2.45, 2.75) is 24.6 Å². The standard InChI is InChI=1S/C10H14BrN3O/c1-2-3-9(11)7-12-10(15)8-4-5-13-14-6-8/h4-6,9H,2-3,7H2,1H3,(H,12,15). The minimum absolute atomic E-state index is 0.106.